The van der Waals surface area contributed by atoms with Gasteiger partial charge in [-0.3, -0.25) is 14.2 Å². The van der Waals surface area contributed by atoms with E-state index in [2.05, 4.69) is 50.4 Å². The lowest BCUT2D eigenvalue weighted by Crippen LogP contribution is -2.47. The van der Waals surface area contributed by atoms with Crippen molar-refractivity contribution in [1.82, 2.24) is 5.32 Å². The van der Waals surface area contributed by atoms with Crippen molar-refractivity contribution < 1.29 is 37.3 Å². The summed E-state index contributed by atoms with van der Waals surface area (Å²) in [6.45, 7) is 6.92. The number of esters is 1. The molecular weight excluding hydrogens is 1160 g/mol. The molecular formula is C82H159N2O7P. The van der Waals surface area contributed by atoms with Crippen molar-refractivity contribution >= 4 is 19.7 Å². The maximum Gasteiger partial charge on any atom is 0.306 e. The third-order valence-corrected chi connectivity index (χ3v) is 19.8. The van der Waals surface area contributed by atoms with Crippen molar-refractivity contribution in [2.75, 3.05) is 40.9 Å². The van der Waals surface area contributed by atoms with Crippen molar-refractivity contribution in [3.63, 3.8) is 0 Å². The van der Waals surface area contributed by atoms with E-state index in [4.69, 9.17) is 13.8 Å². The van der Waals surface area contributed by atoms with E-state index < -0.39 is 20.0 Å². The number of nitrogens with one attached hydrogen (secondary N) is 1. The molecule has 3 atom stereocenters. The number of amides is 1. The predicted molar refractivity (Wildman–Crippen MR) is 400 cm³/mol. The van der Waals surface area contributed by atoms with Crippen LogP contribution in [0.1, 0.15) is 425 Å². The molecule has 0 aliphatic heterocycles. The Bertz CT molecular complexity index is 1660. The number of ether oxygens (including phenoxy) is 1. The molecule has 10 heteroatoms. The highest BCUT2D eigenvalue weighted by Gasteiger charge is 2.27. The molecule has 1 amide bonds. The van der Waals surface area contributed by atoms with Gasteiger partial charge in [-0.1, -0.05) is 366 Å². The maximum absolute atomic E-state index is 13.7. The zero-order chi connectivity index (χ0) is 67.0. The molecule has 0 saturated carbocycles. The van der Waals surface area contributed by atoms with E-state index in [1.807, 2.05) is 33.3 Å². The quantitative estimate of drug-likeness (QED) is 0.0212. The van der Waals surface area contributed by atoms with Crippen LogP contribution in [-0.4, -0.2) is 69.4 Å². The van der Waals surface area contributed by atoms with E-state index in [1.54, 1.807) is 0 Å². The molecule has 0 spiro atoms. The Hall–Kier alpha value is -1.77. The number of hydrogen-bond acceptors (Lipinski definition) is 7. The molecule has 3 unspecified atom stereocenters. The average Bonchev–Trinajstić information content (AvgIpc) is 3.69. The van der Waals surface area contributed by atoms with Crippen LogP contribution in [0.25, 0.3) is 0 Å². The minimum absolute atomic E-state index is 0.0185. The van der Waals surface area contributed by atoms with Gasteiger partial charge in [-0.2, -0.15) is 0 Å². The van der Waals surface area contributed by atoms with Gasteiger partial charge in [-0.25, -0.2) is 0 Å². The normalized spacial score (nSPS) is 13.5. The molecule has 0 aromatic heterocycles. The molecule has 9 nitrogen and oxygen atoms in total. The summed E-state index contributed by atoms with van der Waals surface area (Å²) in [5.41, 5.74) is 0. The van der Waals surface area contributed by atoms with E-state index in [1.165, 1.54) is 334 Å². The van der Waals surface area contributed by atoms with Crippen LogP contribution in [0.5, 0.6) is 0 Å². The molecule has 0 saturated heterocycles. The maximum atomic E-state index is 13.7. The SMILES string of the molecule is CCCCCCCC/C=C/CCCCCCCCCCCCCCCCCCCC(=O)NC(COP(=O)([O-])OCC[N+](C)(C)C)C(/C=C/CCCCCCCCCCCC)OC(=O)CCCCCCCCCCCCCCCCCCC/C=C/CCCCCCCC. The van der Waals surface area contributed by atoms with E-state index in [-0.39, 0.29) is 31.5 Å². The Kier molecular flexibility index (Phi) is 70.6. The van der Waals surface area contributed by atoms with E-state index in [9.17, 15) is 19.0 Å². The number of phosphoric ester groups is 1. The topological polar surface area (TPSA) is 114 Å². The zero-order valence-corrected chi connectivity index (χ0v) is 63.4. The Morgan fingerprint density at radius 2 is 0.630 bits per heavy atom. The summed E-state index contributed by atoms with van der Waals surface area (Å²) in [4.78, 5) is 40.3. The third-order valence-electron chi connectivity index (χ3n) is 18.8. The minimum atomic E-state index is -4.71. The second-order valence-electron chi connectivity index (χ2n) is 29.3. The highest BCUT2D eigenvalue weighted by molar-refractivity contribution is 7.45. The van der Waals surface area contributed by atoms with E-state index >= 15 is 0 Å². The van der Waals surface area contributed by atoms with Gasteiger partial charge in [0.1, 0.15) is 19.3 Å². The van der Waals surface area contributed by atoms with Crippen molar-refractivity contribution in [1.29, 1.82) is 0 Å². The van der Waals surface area contributed by atoms with Gasteiger partial charge in [0.2, 0.25) is 5.91 Å². The standard InChI is InChI=1S/C82H159N2O7P/c1-7-10-13-16-19-22-25-28-30-32-34-36-38-40-42-44-46-48-50-52-54-56-59-62-65-68-71-74-81(85)83-79(78-90-92(87,88)89-77-76-84(4,5)6)80(73-70-67-64-61-58-27-24-21-18-15-12-9-3)91-82(86)75-72-69-66-63-60-57-55-53-51-49-47-45-43-41-39-37-35-33-31-29-26-23-20-17-14-11-8-2/h28-31,70,73,79-80H,7-27,32-69,71-72,74-78H2,1-6H3,(H-,83,85,87,88)/b30-28+,31-29+,73-70+. The number of likely N-dealkylation sites (N-methyl/N-ethyl adjacent to an activating group) is 1. The molecule has 0 aliphatic carbocycles. The van der Waals surface area contributed by atoms with Crippen LogP contribution in [0.4, 0.5) is 0 Å². The van der Waals surface area contributed by atoms with E-state index in [0.29, 0.717) is 17.4 Å². The lowest BCUT2D eigenvalue weighted by Gasteiger charge is -2.30. The number of carbonyl (C=O) groups is 2. The number of allylic oxidation sites excluding steroid dienone is 5. The first-order valence-corrected chi connectivity index (χ1v) is 42.3. The molecule has 92 heavy (non-hydrogen) atoms. The highest BCUT2D eigenvalue weighted by atomic mass is 31.2. The van der Waals surface area contributed by atoms with Gasteiger partial charge in [-0.05, 0) is 83.1 Å². The Morgan fingerprint density at radius 3 is 0.924 bits per heavy atom. The van der Waals surface area contributed by atoms with Crippen LogP contribution >= 0.6 is 7.82 Å². The van der Waals surface area contributed by atoms with Crippen LogP contribution in [0.3, 0.4) is 0 Å². The number of hydrogen-bond donors (Lipinski definition) is 1. The molecule has 0 aromatic rings. The summed E-state index contributed by atoms with van der Waals surface area (Å²) < 4.78 is 30.6. The number of quaternary nitrogens is 1. The van der Waals surface area contributed by atoms with Crippen molar-refractivity contribution in [3.05, 3.63) is 36.5 Å². The monoisotopic (exact) mass is 1320 g/mol. The van der Waals surface area contributed by atoms with Gasteiger partial charge in [0.05, 0.1) is 33.8 Å². The molecule has 0 rings (SSSR count). The Balaban J connectivity index is 4.85. The summed E-state index contributed by atoms with van der Waals surface area (Å²) in [6, 6.07) is -0.886. The van der Waals surface area contributed by atoms with Gasteiger partial charge in [0.25, 0.3) is 7.82 Å². The Morgan fingerprint density at radius 1 is 0.370 bits per heavy atom. The third kappa shape index (κ3) is 72.5. The van der Waals surface area contributed by atoms with Gasteiger partial charge >= 0.3 is 5.97 Å². The largest absolute Gasteiger partial charge is 0.756 e. The lowest BCUT2D eigenvalue weighted by atomic mass is 10.0. The first-order valence-electron chi connectivity index (χ1n) is 40.8. The summed E-state index contributed by atoms with van der Waals surface area (Å²) in [6.07, 6.45) is 91.6. The second-order valence-corrected chi connectivity index (χ2v) is 30.7. The summed E-state index contributed by atoms with van der Waals surface area (Å²) in [7, 11) is 1.21. The number of phosphoric acid groups is 1. The molecule has 0 aromatic carbocycles. The fourth-order valence-corrected chi connectivity index (χ4v) is 13.2. The minimum Gasteiger partial charge on any atom is -0.756 e. The van der Waals surface area contributed by atoms with Crippen LogP contribution in [0.15, 0.2) is 36.5 Å². The zero-order valence-electron chi connectivity index (χ0n) is 62.5. The number of nitrogens with zero attached hydrogens (tertiary/aromatic N) is 1. The molecule has 0 radical (unpaired) electrons. The lowest BCUT2D eigenvalue weighted by molar-refractivity contribution is -0.870. The number of carbonyl (C=O) groups excluding carboxylic acids is 2. The molecule has 0 aliphatic rings. The van der Waals surface area contributed by atoms with Crippen LogP contribution in [0.2, 0.25) is 0 Å². The van der Waals surface area contributed by atoms with Crippen LogP contribution in [0, 0.1) is 0 Å². The van der Waals surface area contributed by atoms with Gasteiger partial charge in [0.15, 0.2) is 0 Å². The first kappa shape index (κ1) is 90.2. The molecule has 0 bridgehead atoms. The second kappa shape index (κ2) is 72.0. The molecule has 544 valence electrons. The number of unbranched alkanes of at least 4 members (excludes halogenated alkanes) is 56. The summed E-state index contributed by atoms with van der Waals surface area (Å²) in [5.74, 6) is -0.515. The van der Waals surface area contributed by atoms with Crippen molar-refractivity contribution in [2.24, 2.45) is 0 Å². The first-order chi connectivity index (χ1) is 44.9. The highest BCUT2D eigenvalue weighted by Crippen LogP contribution is 2.38. The summed E-state index contributed by atoms with van der Waals surface area (Å²) >= 11 is 0. The molecule has 1 N–H and O–H groups in total. The van der Waals surface area contributed by atoms with Crippen LogP contribution < -0.4 is 10.2 Å². The molecule has 0 fully saturated rings. The van der Waals surface area contributed by atoms with Gasteiger partial charge in [0, 0.05) is 12.8 Å². The van der Waals surface area contributed by atoms with E-state index in [0.717, 1.165) is 57.8 Å². The van der Waals surface area contributed by atoms with Gasteiger partial charge < -0.3 is 28.5 Å². The molecule has 0 heterocycles. The summed E-state index contributed by atoms with van der Waals surface area (Å²) in [5, 5.41) is 3.06. The Labute approximate surface area is 574 Å². The van der Waals surface area contributed by atoms with Gasteiger partial charge in [-0.15, -0.1) is 0 Å². The number of rotatable bonds is 76. The fraction of sp³-hybridized carbons (Fsp3) is 0.902. The average molecular weight is 1320 g/mol. The van der Waals surface area contributed by atoms with Crippen molar-refractivity contribution in [2.45, 2.75) is 437 Å². The fourth-order valence-electron chi connectivity index (χ4n) is 12.5. The van der Waals surface area contributed by atoms with Crippen molar-refractivity contribution in [3.8, 4) is 0 Å². The smallest absolute Gasteiger partial charge is 0.306 e. The van der Waals surface area contributed by atoms with Crippen LogP contribution in [-0.2, 0) is 27.9 Å². The predicted octanol–water partition coefficient (Wildman–Crippen LogP) is 25.9.